The molecule has 1 saturated heterocycles. The first-order chi connectivity index (χ1) is 15.1. The van der Waals surface area contributed by atoms with Crippen molar-refractivity contribution in [3.05, 3.63) is 59.0 Å². The molecule has 0 radical (unpaired) electrons. The summed E-state index contributed by atoms with van der Waals surface area (Å²) in [5.41, 5.74) is 0.775. The number of benzene rings is 2. The number of carbonyl (C=O) groups is 2. The normalized spacial score (nSPS) is 14.9. The van der Waals surface area contributed by atoms with Gasteiger partial charge in [-0.3, -0.25) is 14.5 Å². The topological polar surface area (TPSA) is 65.1 Å². The Bertz CT molecular complexity index is 929. The molecule has 7 heteroatoms. The van der Waals surface area contributed by atoms with E-state index in [1.54, 1.807) is 6.08 Å². The highest BCUT2D eigenvalue weighted by atomic mass is 32.2. The van der Waals surface area contributed by atoms with Crippen LogP contribution in [0.4, 0.5) is 4.79 Å². The summed E-state index contributed by atoms with van der Waals surface area (Å²) in [6.45, 7) is 5.59. The van der Waals surface area contributed by atoms with Crippen LogP contribution in [0.3, 0.4) is 0 Å². The Labute approximate surface area is 187 Å². The van der Waals surface area contributed by atoms with Crippen molar-refractivity contribution in [1.82, 2.24) is 4.90 Å². The first-order valence-electron chi connectivity index (χ1n) is 10.4. The van der Waals surface area contributed by atoms with Crippen LogP contribution in [-0.4, -0.2) is 42.4 Å². The fourth-order valence-corrected chi connectivity index (χ4v) is 3.81. The molecule has 1 aliphatic rings. The summed E-state index contributed by atoms with van der Waals surface area (Å²) in [5.74, 6) is 1.70. The van der Waals surface area contributed by atoms with Crippen LogP contribution in [0, 0.1) is 0 Å². The largest absolute Gasteiger partial charge is 0.492 e. The first kappa shape index (κ1) is 22.7. The molecule has 0 bridgehead atoms. The van der Waals surface area contributed by atoms with E-state index in [1.165, 1.54) is 4.90 Å². The molecule has 0 spiro atoms. The molecule has 2 aromatic rings. The number of hydrogen-bond donors (Lipinski definition) is 0. The lowest BCUT2D eigenvalue weighted by Crippen LogP contribution is -2.32. The van der Waals surface area contributed by atoms with Gasteiger partial charge in [-0.2, -0.15) is 0 Å². The third-order valence-corrected chi connectivity index (χ3v) is 5.43. The van der Waals surface area contributed by atoms with Gasteiger partial charge in [-0.1, -0.05) is 37.6 Å². The predicted octanol–water partition coefficient (Wildman–Crippen LogP) is 5.38. The van der Waals surface area contributed by atoms with Crippen LogP contribution in [0.1, 0.15) is 32.3 Å². The molecule has 3 rings (SSSR count). The fourth-order valence-electron chi connectivity index (χ4n) is 2.94. The van der Waals surface area contributed by atoms with Crippen LogP contribution < -0.4 is 14.2 Å². The van der Waals surface area contributed by atoms with E-state index < -0.39 is 0 Å². The summed E-state index contributed by atoms with van der Waals surface area (Å²) in [4.78, 5) is 26.6. The van der Waals surface area contributed by atoms with Crippen LogP contribution in [-0.2, 0) is 4.79 Å². The van der Waals surface area contributed by atoms with Gasteiger partial charge < -0.3 is 14.2 Å². The van der Waals surface area contributed by atoms with Crippen LogP contribution in [0.5, 0.6) is 17.2 Å². The van der Waals surface area contributed by atoms with Crippen LogP contribution in [0.15, 0.2) is 53.4 Å². The number of hydrogen-bond acceptors (Lipinski definition) is 6. The number of ether oxygens (including phenoxy) is 3. The lowest BCUT2D eigenvalue weighted by Gasteiger charge is -2.13. The minimum atomic E-state index is -0.312. The highest BCUT2D eigenvalue weighted by Gasteiger charge is 2.34. The maximum Gasteiger partial charge on any atom is 0.293 e. The summed E-state index contributed by atoms with van der Waals surface area (Å²) in [5, 5.41) is -0.294. The van der Waals surface area contributed by atoms with E-state index in [0.717, 1.165) is 30.2 Å². The molecule has 2 amide bonds. The second-order valence-electron chi connectivity index (χ2n) is 6.84. The molecule has 0 aliphatic carbocycles. The number of amides is 2. The van der Waals surface area contributed by atoms with Gasteiger partial charge in [0.1, 0.15) is 12.4 Å². The summed E-state index contributed by atoms with van der Waals surface area (Å²) < 4.78 is 17.1. The van der Waals surface area contributed by atoms with Gasteiger partial charge in [-0.25, -0.2) is 0 Å². The molecule has 6 nitrogen and oxygen atoms in total. The number of carbonyl (C=O) groups excluding carboxylic acids is 2. The average Bonchev–Trinajstić information content (AvgIpc) is 3.03. The van der Waals surface area contributed by atoms with Crippen LogP contribution in [0.25, 0.3) is 6.08 Å². The van der Waals surface area contributed by atoms with Gasteiger partial charge in [0.05, 0.1) is 24.7 Å². The SMILES string of the molecule is CCCCOc1ccc(/C=C2\SC(=O)N(CCOc3ccccc3)C2=O)cc1OCC. The molecular weight excluding hydrogens is 414 g/mol. The number of imide groups is 1. The standard InChI is InChI=1S/C24H27NO5S/c1-3-5-14-30-20-12-11-18(16-21(20)28-4-2)17-22-23(26)25(24(27)31-22)13-15-29-19-9-7-6-8-10-19/h6-12,16-17H,3-5,13-15H2,1-2H3/b22-17-. The lowest BCUT2D eigenvalue weighted by molar-refractivity contribution is -0.123. The highest BCUT2D eigenvalue weighted by molar-refractivity contribution is 8.18. The molecule has 0 saturated carbocycles. The number of rotatable bonds is 11. The zero-order valence-electron chi connectivity index (χ0n) is 17.8. The number of unbranched alkanes of at least 4 members (excludes halogenated alkanes) is 1. The van der Waals surface area contributed by atoms with Gasteiger partial charge in [-0.05, 0) is 61.0 Å². The van der Waals surface area contributed by atoms with Crippen molar-refractivity contribution in [2.75, 3.05) is 26.4 Å². The molecule has 31 heavy (non-hydrogen) atoms. The minimum absolute atomic E-state index is 0.200. The van der Waals surface area contributed by atoms with E-state index in [4.69, 9.17) is 14.2 Å². The third kappa shape index (κ3) is 6.28. The Morgan fingerprint density at radius 3 is 2.48 bits per heavy atom. The van der Waals surface area contributed by atoms with Crippen molar-refractivity contribution >= 4 is 29.0 Å². The third-order valence-electron chi connectivity index (χ3n) is 4.52. The Kier molecular flexibility index (Phi) is 8.41. The maximum atomic E-state index is 12.7. The molecule has 164 valence electrons. The Hall–Kier alpha value is -2.93. The minimum Gasteiger partial charge on any atom is -0.492 e. The van der Waals surface area contributed by atoms with E-state index in [0.29, 0.717) is 35.4 Å². The Balaban J connectivity index is 1.66. The first-order valence-corrected chi connectivity index (χ1v) is 11.3. The second kappa shape index (κ2) is 11.5. The molecule has 0 unspecified atom stereocenters. The number of nitrogens with zero attached hydrogens (tertiary/aromatic N) is 1. The molecule has 0 atom stereocenters. The summed E-state index contributed by atoms with van der Waals surface area (Å²) in [6.07, 6.45) is 3.73. The van der Waals surface area contributed by atoms with Gasteiger partial charge in [0.15, 0.2) is 11.5 Å². The van der Waals surface area contributed by atoms with Crippen molar-refractivity contribution in [2.45, 2.75) is 26.7 Å². The van der Waals surface area contributed by atoms with Gasteiger partial charge in [0.25, 0.3) is 11.1 Å². The van der Waals surface area contributed by atoms with Crippen LogP contribution in [0.2, 0.25) is 0 Å². The van der Waals surface area contributed by atoms with Gasteiger partial charge >= 0.3 is 0 Å². The zero-order valence-corrected chi connectivity index (χ0v) is 18.7. The van der Waals surface area contributed by atoms with E-state index in [9.17, 15) is 9.59 Å². The zero-order chi connectivity index (χ0) is 22.1. The van der Waals surface area contributed by atoms with Crippen molar-refractivity contribution in [3.63, 3.8) is 0 Å². The molecule has 1 aliphatic heterocycles. The van der Waals surface area contributed by atoms with Gasteiger partial charge in [0, 0.05) is 0 Å². The quantitative estimate of drug-likeness (QED) is 0.345. The fraction of sp³-hybridized carbons (Fsp3) is 0.333. The van der Waals surface area contributed by atoms with E-state index in [-0.39, 0.29) is 24.3 Å². The smallest absolute Gasteiger partial charge is 0.293 e. The van der Waals surface area contributed by atoms with Crippen molar-refractivity contribution in [2.24, 2.45) is 0 Å². The number of para-hydroxylation sites is 1. The Morgan fingerprint density at radius 2 is 1.74 bits per heavy atom. The summed E-state index contributed by atoms with van der Waals surface area (Å²) >= 11 is 0.934. The highest BCUT2D eigenvalue weighted by Crippen LogP contribution is 2.34. The van der Waals surface area contributed by atoms with E-state index in [2.05, 4.69) is 6.92 Å². The predicted molar refractivity (Wildman–Crippen MR) is 123 cm³/mol. The summed E-state index contributed by atoms with van der Waals surface area (Å²) in [6, 6.07) is 14.8. The molecule has 1 heterocycles. The molecular formula is C24H27NO5S. The Morgan fingerprint density at radius 1 is 0.935 bits per heavy atom. The molecule has 0 N–H and O–H groups in total. The molecule has 2 aromatic carbocycles. The average molecular weight is 442 g/mol. The van der Waals surface area contributed by atoms with Crippen LogP contribution >= 0.6 is 11.8 Å². The van der Waals surface area contributed by atoms with Crippen molar-refractivity contribution in [1.29, 1.82) is 0 Å². The summed E-state index contributed by atoms with van der Waals surface area (Å²) in [7, 11) is 0. The maximum absolute atomic E-state index is 12.7. The van der Waals surface area contributed by atoms with Gasteiger partial charge in [0.2, 0.25) is 0 Å². The van der Waals surface area contributed by atoms with Crippen molar-refractivity contribution < 1.29 is 23.8 Å². The van der Waals surface area contributed by atoms with E-state index >= 15 is 0 Å². The van der Waals surface area contributed by atoms with Crippen molar-refractivity contribution in [3.8, 4) is 17.2 Å². The second-order valence-corrected chi connectivity index (χ2v) is 7.83. The molecule has 0 aromatic heterocycles. The monoisotopic (exact) mass is 441 g/mol. The van der Waals surface area contributed by atoms with Gasteiger partial charge in [-0.15, -0.1) is 0 Å². The molecule has 1 fully saturated rings. The lowest BCUT2D eigenvalue weighted by atomic mass is 10.2. The number of thioether (sulfide) groups is 1. The van der Waals surface area contributed by atoms with E-state index in [1.807, 2.05) is 55.5 Å².